The third-order valence-electron chi connectivity index (χ3n) is 4.31. The molecule has 0 saturated carbocycles. The number of aromatic amines is 1. The lowest BCUT2D eigenvalue weighted by Gasteiger charge is -2.32. The van der Waals surface area contributed by atoms with E-state index in [-0.39, 0.29) is 18.6 Å². The van der Waals surface area contributed by atoms with Gasteiger partial charge in [0.1, 0.15) is 18.4 Å². The predicted octanol–water partition coefficient (Wildman–Crippen LogP) is 1.41. The van der Waals surface area contributed by atoms with Crippen LogP contribution in [0.3, 0.4) is 0 Å². The third kappa shape index (κ3) is 3.27. The second-order valence-electron chi connectivity index (χ2n) is 6.08. The van der Waals surface area contributed by atoms with Crippen molar-refractivity contribution in [2.45, 2.75) is 51.7 Å². The van der Waals surface area contributed by atoms with Gasteiger partial charge in [-0.3, -0.25) is 27.9 Å². The van der Waals surface area contributed by atoms with E-state index in [0.29, 0.717) is 6.42 Å². The zero-order valence-corrected chi connectivity index (χ0v) is 14.6. The highest BCUT2D eigenvalue weighted by Crippen LogP contribution is 2.58. The van der Waals surface area contributed by atoms with Crippen LogP contribution in [0.25, 0.3) is 0 Å². The predicted molar refractivity (Wildman–Crippen MR) is 83.7 cm³/mol. The molecular formula is C14H21N2O7P. The molecular weight excluding hydrogens is 339 g/mol. The first-order valence-electron chi connectivity index (χ1n) is 7.91. The van der Waals surface area contributed by atoms with Crippen LogP contribution in [-0.4, -0.2) is 34.5 Å². The van der Waals surface area contributed by atoms with Crippen LogP contribution in [-0.2, 0) is 22.9 Å². The number of phosphoric acid groups is 1. The van der Waals surface area contributed by atoms with Gasteiger partial charge >= 0.3 is 13.5 Å². The fourth-order valence-electron chi connectivity index (χ4n) is 2.82. The highest BCUT2D eigenvalue weighted by Gasteiger charge is 2.52. The third-order valence-corrected chi connectivity index (χ3v) is 5.89. The van der Waals surface area contributed by atoms with Crippen molar-refractivity contribution in [2.24, 2.45) is 5.92 Å². The van der Waals surface area contributed by atoms with E-state index in [2.05, 4.69) is 4.98 Å². The van der Waals surface area contributed by atoms with Crippen LogP contribution < -0.4 is 11.2 Å². The molecule has 0 aliphatic carbocycles. The standard InChI is InChI=1S/C14H21N2O7P/c1-4-8(2)22-24(19)20-7-10-12(23-24)9(3)13(21-10)16-6-5-11(17)15-14(16)18/h5-6,8-10,12-13H,4,7H2,1-3H3,(H,15,17,18). The maximum atomic E-state index is 12.6. The lowest BCUT2D eigenvalue weighted by molar-refractivity contribution is -0.0756. The molecule has 2 fully saturated rings. The average Bonchev–Trinajstić information content (AvgIpc) is 2.83. The van der Waals surface area contributed by atoms with Gasteiger partial charge in [-0.1, -0.05) is 13.8 Å². The van der Waals surface area contributed by atoms with E-state index >= 15 is 0 Å². The van der Waals surface area contributed by atoms with Crippen molar-refractivity contribution in [1.29, 1.82) is 0 Å². The largest absolute Gasteiger partial charge is 0.475 e. The smallest absolute Gasteiger partial charge is 0.349 e. The highest BCUT2D eigenvalue weighted by atomic mass is 31.2. The molecule has 3 heterocycles. The Hall–Kier alpha value is -1.25. The first kappa shape index (κ1) is 17.6. The molecule has 1 aromatic rings. The Morgan fingerprint density at radius 1 is 1.50 bits per heavy atom. The van der Waals surface area contributed by atoms with Crippen LogP contribution in [0.2, 0.25) is 0 Å². The molecule has 1 aromatic heterocycles. The van der Waals surface area contributed by atoms with Crippen LogP contribution in [0.4, 0.5) is 0 Å². The van der Waals surface area contributed by atoms with Gasteiger partial charge in [-0.2, -0.15) is 0 Å². The van der Waals surface area contributed by atoms with Gasteiger partial charge < -0.3 is 4.74 Å². The molecule has 3 rings (SSSR count). The molecule has 10 heteroatoms. The fourth-order valence-corrected chi connectivity index (χ4v) is 4.54. The molecule has 0 bridgehead atoms. The summed E-state index contributed by atoms with van der Waals surface area (Å²) in [6, 6.07) is 1.24. The van der Waals surface area contributed by atoms with Crippen molar-refractivity contribution in [3.63, 3.8) is 0 Å². The van der Waals surface area contributed by atoms with Gasteiger partial charge in [-0.05, 0) is 13.3 Å². The molecule has 6 atom stereocenters. The van der Waals surface area contributed by atoms with Crippen molar-refractivity contribution in [1.82, 2.24) is 9.55 Å². The average molecular weight is 360 g/mol. The summed E-state index contributed by atoms with van der Waals surface area (Å²) in [5.41, 5.74) is -1.05. The molecule has 6 unspecified atom stereocenters. The van der Waals surface area contributed by atoms with Gasteiger partial charge in [0.2, 0.25) is 0 Å². The molecule has 24 heavy (non-hydrogen) atoms. The zero-order valence-electron chi connectivity index (χ0n) is 13.7. The number of fused-ring (bicyclic) bond motifs is 1. The second-order valence-corrected chi connectivity index (χ2v) is 7.65. The molecule has 9 nitrogen and oxygen atoms in total. The number of nitrogens with zero attached hydrogens (tertiary/aromatic N) is 1. The normalized spacial score (nSPS) is 37.1. The Bertz CT molecular complexity index is 760. The molecule has 0 aromatic carbocycles. The monoisotopic (exact) mass is 360 g/mol. The number of aromatic nitrogens is 2. The number of nitrogens with one attached hydrogen (secondary N) is 1. The van der Waals surface area contributed by atoms with Crippen molar-refractivity contribution >= 4 is 7.82 Å². The van der Waals surface area contributed by atoms with Gasteiger partial charge in [0, 0.05) is 18.2 Å². The summed E-state index contributed by atoms with van der Waals surface area (Å²) in [6.07, 6.45) is 0.136. The molecule has 0 amide bonds. The summed E-state index contributed by atoms with van der Waals surface area (Å²) in [6.45, 7) is 5.57. The van der Waals surface area contributed by atoms with E-state index in [9.17, 15) is 14.2 Å². The summed E-state index contributed by atoms with van der Waals surface area (Å²) in [5, 5.41) is 0. The summed E-state index contributed by atoms with van der Waals surface area (Å²) < 4.78 is 36.0. The van der Waals surface area contributed by atoms with Crippen molar-refractivity contribution in [3.05, 3.63) is 33.1 Å². The van der Waals surface area contributed by atoms with Gasteiger partial charge in [0.15, 0.2) is 0 Å². The maximum absolute atomic E-state index is 12.6. The molecule has 0 radical (unpaired) electrons. The van der Waals surface area contributed by atoms with Crippen molar-refractivity contribution in [2.75, 3.05) is 6.61 Å². The highest BCUT2D eigenvalue weighted by molar-refractivity contribution is 7.48. The number of ether oxygens (including phenoxy) is 1. The minimum atomic E-state index is -3.66. The number of H-pyrrole nitrogens is 1. The van der Waals surface area contributed by atoms with E-state index in [1.807, 2.05) is 13.8 Å². The van der Waals surface area contributed by atoms with Crippen LogP contribution >= 0.6 is 7.82 Å². The van der Waals surface area contributed by atoms with Crippen LogP contribution in [0.5, 0.6) is 0 Å². The SMILES string of the molecule is CCC(C)OP1(=O)OCC2OC(n3ccc(=O)[nH]c3=O)C(C)C2O1. The summed E-state index contributed by atoms with van der Waals surface area (Å²) in [4.78, 5) is 25.4. The lowest BCUT2D eigenvalue weighted by atomic mass is 10.0. The number of hydrogen-bond donors (Lipinski definition) is 1. The Balaban J connectivity index is 1.80. The van der Waals surface area contributed by atoms with E-state index < -0.39 is 37.5 Å². The first-order valence-corrected chi connectivity index (χ1v) is 9.37. The minimum Gasteiger partial charge on any atom is -0.349 e. The Morgan fingerprint density at radius 3 is 2.92 bits per heavy atom. The molecule has 0 spiro atoms. The molecule has 2 saturated heterocycles. The van der Waals surface area contributed by atoms with Crippen molar-refractivity contribution < 1.29 is 22.9 Å². The molecule has 2 aliphatic rings. The van der Waals surface area contributed by atoms with Crippen LogP contribution in [0.1, 0.15) is 33.4 Å². The molecule has 1 N–H and O–H groups in total. The van der Waals surface area contributed by atoms with E-state index in [1.54, 1.807) is 6.92 Å². The van der Waals surface area contributed by atoms with Gasteiger partial charge in [-0.25, -0.2) is 9.36 Å². The topological polar surface area (TPSA) is 109 Å². The molecule has 2 aliphatic heterocycles. The van der Waals surface area contributed by atoms with Crippen LogP contribution in [0.15, 0.2) is 21.9 Å². The summed E-state index contributed by atoms with van der Waals surface area (Å²) in [5.74, 6) is -0.281. The fraction of sp³-hybridized carbons (Fsp3) is 0.714. The minimum absolute atomic E-state index is 0.0529. The maximum Gasteiger partial charge on any atom is 0.475 e. The zero-order chi connectivity index (χ0) is 17.5. The quantitative estimate of drug-likeness (QED) is 0.809. The Labute approximate surface area is 138 Å². The summed E-state index contributed by atoms with van der Waals surface area (Å²) in [7, 11) is -3.66. The second kappa shape index (κ2) is 6.57. The van der Waals surface area contributed by atoms with Gasteiger partial charge in [0.25, 0.3) is 5.56 Å². The summed E-state index contributed by atoms with van der Waals surface area (Å²) >= 11 is 0. The number of phosphoric ester groups is 1. The van der Waals surface area contributed by atoms with Crippen molar-refractivity contribution in [3.8, 4) is 0 Å². The first-order chi connectivity index (χ1) is 11.3. The number of hydrogen-bond acceptors (Lipinski definition) is 7. The Kier molecular flexibility index (Phi) is 4.81. The number of rotatable bonds is 4. The lowest BCUT2D eigenvalue weighted by Crippen LogP contribution is -2.37. The van der Waals surface area contributed by atoms with E-state index in [1.165, 1.54) is 16.8 Å². The Morgan fingerprint density at radius 2 is 2.25 bits per heavy atom. The van der Waals surface area contributed by atoms with E-state index in [4.69, 9.17) is 18.3 Å². The van der Waals surface area contributed by atoms with E-state index in [0.717, 1.165) is 0 Å². The molecule has 134 valence electrons. The van der Waals surface area contributed by atoms with Gasteiger partial charge in [-0.15, -0.1) is 0 Å². The van der Waals surface area contributed by atoms with Crippen LogP contribution in [0, 0.1) is 5.92 Å². The van der Waals surface area contributed by atoms with Gasteiger partial charge in [0.05, 0.1) is 12.7 Å².